The molecule has 1 aliphatic carbocycles. The lowest BCUT2D eigenvalue weighted by Gasteiger charge is -2.42. The fourth-order valence-electron chi connectivity index (χ4n) is 1.94. The number of fused-ring (bicyclic) bond motifs is 3. The van der Waals surface area contributed by atoms with Gasteiger partial charge in [0, 0.05) is 0 Å². The summed E-state index contributed by atoms with van der Waals surface area (Å²) < 4.78 is 23.6. The van der Waals surface area contributed by atoms with Crippen molar-refractivity contribution in [2.45, 2.75) is 37.8 Å². The minimum Gasteiger partial charge on any atom is -0.281 e. The Kier molecular flexibility index (Phi) is 1.89. The van der Waals surface area contributed by atoms with Gasteiger partial charge in [-0.3, -0.25) is 4.84 Å². The third-order valence-corrected chi connectivity index (χ3v) is 3.56. The molecule has 0 aromatic carbocycles. The van der Waals surface area contributed by atoms with Gasteiger partial charge in [-0.05, 0) is 25.7 Å². The number of hydrogen-bond donors (Lipinski definition) is 0. The molecule has 3 aliphatic rings. The van der Waals surface area contributed by atoms with Gasteiger partial charge in [-0.1, -0.05) is 4.47 Å². The number of hydroxylamine groups is 1. The Morgan fingerprint density at radius 3 is 2.08 bits per heavy atom. The van der Waals surface area contributed by atoms with E-state index in [1.54, 1.807) is 0 Å². The summed E-state index contributed by atoms with van der Waals surface area (Å²) >= 11 is 0. The van der Waals surface area contributed by atoms with Crippen LogP contribution in [0.2, 0.25) is 0 Å². The maximum Gasteiger partial charge on any atom is 0.233 e. The summed E-state index contributed by atoms with van der Waals surface area (Å²) in [6.07, 6.45) is 5.28. The van der Waals surface area contributed by atoms with Crippen molar-refractivity contribution in [2.75, 3.05) is 6.26 Å². The summed E-state index contributed by atoms with van der Waals surface area (Å²) in [5, 5.41) is 0. The molecule has 0 amide bonds. The second-order valence-corrected chi connectivity index (χ2v) is 5.38. The molecule has 0 spiro atoms. The fourth-order valence-corrected chi connectivity index (χ4v) is 2.97. The van der Waals surface area contributed by atoms with Gasteiger partial charge in [0.25, 0.3) is 0 Å². The smallest absolute Gasteiger partial charge is 0.233 e. The summed E-state index contributed by atoms with van der Waals surface area (Å²) in [6.45, 7) is 0. The SMILES string of the molecule is CS(=O)(=O)N1OC2CCC1CC2. The van der Waals surface area contributed by atoms with Gasteiger partial charge in [0.1, 0.15) is 0 Å². The first-order valence-electron chi connectivity index (χ1n) is 4.23. The van der Waals surface area contributed by atoms with Crippen LogP contribution in [0.15, 0.2) is 0 Å². The van der Waals surface area contributed by atoms with Crippen molar-refractivity contribution in [1.29, 1.82) is 0 Å². The van der Waals surface area contributed by atoms with E-state index in [1.165, 1.54) is 10.7 Å². The van der Waals surface area contributed by atoms with Crippen molar-refractivity contribution >= 4 is 10.0 Å². The van der Waals surface area contributed by atoms with E-state index in [4.69, 9.17) is 4.84 Å². The van der Waals surface area contributed by atoms with Crippen LogP contribution in [0.5, 0.6) is 0 Å². The molecule has 0 aromatic rings. The molecule has 12 heavy (non-hydrogen) atoms. The van der Waals surface area contributed by atoms with E-state index >= 15 is 0 Å². The van der Waals surface area contributed by atoms with Gasteiger partial charge in [0.05, 0.1) is 18.4 Å². The lowest BCUT2D eigenvalue weighted by atomic mass is 9.92. The maximum absolute atomic E-state index is 11.2. The summed E-state index contributed by atoms with van der Waals surface area (Å²) in [4.78, 5) is 5.30. The second-order valence-electron chi connectivity index (χ2n) is 3.55. The molecular formula is C7H13NO3S. The minimum absolute atomic E-state index is 0.102. The van der Waals surface area contributed by atoms with Gasteiger partial charge in [-0.25, -0.2) is 8.42 Å². The van der Waals surface area contributed by atoms with Crippen LogP contribution in [-0.4, -0.2) is 31.3 Å². The van der Waals surface area contributed by atoms with Crippen LogP contribution in [0.3, 0.4) is 0 Å². The molecule has 0 unspecified atom stereocenters. The lowest BCUT2D eigenvalue weighted by molar-refractivity contribution is -0.217. The van der Waals surface area contributed by atoms with Crippen LogP contribution >= 0.6 is 0 Å². The van der Waals surface area contributed by atoms with E-state index in [0.717, 1.165) is 25.7 Å². The number of rotatable bonds is 1. The summed E-state index contributed by atoms with van der Waals surface area (Å²) in [5.41, 5.74) is 0. The first-order valence-corrected chi connectivity index (χ1v) is 6.08. The molecular weight excluding hydrogens is 178 g/mol. The normalized spacial score (nSPS) is 37.1. The Morgan fingerprint density at radius 2 is 1.83 bits per heavy atom. The first-order chi connectivity index (χ1) is 5.57. The minimum atomic E-state index is -3.15. The highest BCUT2D eigenvalue weighted by atomic mass is 32.2. The summed E-state index contributed by atoms with van der Waals surface area (Å²) in [5.74, 6) is 0. The van der Waals surface area contributed by atoms with Gasteiger partial charge in [0.15, 0.2) is 0 Å². The van der Waals surface area contributed by atoms with Crippen molar-refractivity contribution in [2.24, 2.45) is 0 Å². The van der Waals surface area contributed by atoms with Crippen LogP contribution < -0.4 is 0 Å². The summed E-state index contributed by atoms with van der Waals surface area (Å²) in [6, 6.07) is 0.102. The Bertz CT molecular complexity index is 266. The first kappa shape index (κ1) is 8.47. The van der Waals surface area contributed by atoms with Crippen LogP contribution in [0.4, 0.5) is 0 Å². The molecule has 70 valence electrons. The number of nitrogens with zero attached hydrogens (tertiary/aromatic N) is 1. The molecule has 2 heterocycles. The van der Waals surface area contributed by atoms with Gasteiger partial charge < -0.3 is 0 Å². The molecule has 0 N–H and O–H groups in total. The Hall–Kier alpha value is -0.130. The van der Waals surface area contributed by atoms with E-state index in [9.17, 15) is 8.42 Å². The number of sulfonamides is 1. The van der Waals surface area contributed by atoms with Gasteiger partial charge in [-0.15, -0.1) is 0 Å². The molecule has 5 heteroatoms. The van der Waals surface area contributed by atoms with Crippen LogP contribution in [0.1, 0.15) is 25.7 Å². The van der Waals surface area contributed by atoms with Gasteiger partial charge in [-0.2, -0.15) is 0 Å². The molecule has 2 aliphatic heterocycles. The zero-order valence-electron chi connectivity index (χ0n) is 7.06. The molecule has 1 saturated carbocycles. The standard InChI is InChI=1S/C7H13NO3S/c1-12(9,10)8-6-2-4-7(11-8)5-3-6/h6-7H,2-5H2,1H3. The van der Waals surface area contributed by atoms with E-state index in [1.807, 2.05) is 0 Å². The monoisotopic (exact) mass is 191 g/mol. The predicted octanol–water partition coefficient (Wildman–Crippen LogP) is 0.504. The highest BCUT2D eigenvalue weighted by Gasteiger charge is 2.39. The van der Waals surface area contributed by atoms with Crippen molar-refractivity contribution in [3.05, 3.63) is 0 Å². The van der Waals surface area contributed by atoms with Crippen molar-refractivity contribution in [1.82, 2.24) is 4.47 Å². The molecule has 0 radical (unpaired) electrons. The van der Waals surface area contributed by atoms with Crippen molar-refractivity contribution in [3.8, 4) is 0 Å². The van der Waals surface area contributed by atoms with Gasteiger partial charge >= 0.3 is 0 Å². The molecule has 2 saturated heterocycles. The topological polar surface area (TPSA) is 46.6 Å². The molecule has 3 fully saturated rings. The second kappa shape index (κ2) is 2.68. The van der Waals surface area contributed by atoms with E-state index in [2.05, 4.69) is 0 Å². The van der Waals surface area contributed by atoms with E-state index < -0.39 is 10.0 Å². The van der Waals surface area contributed by atoms with Gasteiger partial charge in [0.2, 0.25) is 10.0 Å². The average Bonchev–Trinajstić information content (AvgIpc) is 2.05. The summed E-state index contributed by atoms with van der Waals surface area (Å²) in [7, 11) is -3.15. The van der Waals surface area contributed by atoms with Crippen LogP contribution in [0.25, 0.3) is 0 Å². The predicted molar refractivity (Wildman–Crippen MR) is 43.8 cm³/mol. The Morgan fingerprint density at radius 1 is 1.25 bits per heavy atom. The zero-order chi connectivity index (χ0) is 8.77. The third-order valence-electron chi connectivity index (χ3n) is 2.52. The largest absolute Gasteiger partial charge is 0.281 e. The van der Waals surface area contributed by atoms with Crippen LogP contribution in [-0.2, 0) is 14.9 Å². The fraction of sp³-hybridized carbons (Fsp3) is 1.00. The highest BCUT2D eigenvalue weighted by molar-refractivity contribution is 7.88. The number of hydrogen-bond acceptors (Lipinski definition) is 3. The molecule has 0 aromatic heterocycles. The van der Waals surface area contributed by atoms with E-state index in [0.29, 0.717) is 0 Å². The molecule has 0 atom stereocenters. The van der Waals surface area contributed by atoms with Crippen LogP contribution in [0, 0.1) is 0 Å². The maximum atomic E-state index is 11.2. The zero-order valence-corrected chi connectivity index (χ0v) is 7.88. The lowest BCUT2D eigenvalue weighted by Crippen LogP contribution is -2.50. The highest BCUT2D eigenvalue weighted by Crippen LogP contribution is 2.33. The third kappa shape index (κ3) is 1.36. The average molecular weight is 191 g/mol. The quantitative estimate of drug-likeness (QED) is 0.606. The Balaban J connectivity index is 2.20. The molecule has 3 rings (SSSR count). The Labute approximate surface area is 72.5 Å². The molecule has 4 nitrogen and oxygen atoms in total. The van der Waals surface area contributed by atoms with Crippen molar-refractivity contribution < 1.29 is 13.3 Å². The molecule has 2 bridgehead atoms. The van der Waals surface area contributed by atoms with Crippen molar-refractivity contribution in [3.63, 3.8) is 0 Å². The van der Waals surface area contributed by atoms with E-state index in [-0.39, 0.29) is 12.1 Å².